The zero-order valence-electron chi connectivity index (χ0n) is 4.56. The van der Waals surface area contributed by atoms with Crippen LogP contribution < -0.4 is 0 Å². The minimum absolute atomic E-state index is 0.133. The Morgan fingerprint density at radius 2 is 2.71 bits per heavy atom. The van der Waals surface area contributed by atoms with Crippen LogP contribution in [0.4, 0.5) is 0 Å². The second kappa shape index (κ2) is 1.94. The van der Waals surface area contributed by atoms with E-state index >= 15 is 0 Å². The van der Waals surface area contributed by atoms with E-state index < -0.39 is 0 Å². The van der Waals surface area contributed by atoms with Gasteiger partial charge in [0.2, 0.25) is 0 Å². The lowest BCUT2D eigenvalue weighted by Gasteiger charge is -1.79. The van der Waals surface area contributed by atoms with Crippen molar-refractivity contribution in [3.8, 4) is 0 Å². The van der Waals surface area contributed by atoms with Crippen molar-refractivity contribution >= 4 is 11.6 Å². The van der Waals surface area contributed by atoms with E-state index in [-0.39, 0.29) is 6.17 Å². The van der Waals surface area contributed by atoms with Gasteiger partial charge in [0, 0.05) is 12.4 Å². The molecule has 1 aromatic heterocycles. The van der Waals surface area contributed by atoms with Gasteiger partial charge in [0.05, 0.1) is 6.39 Å². The number of halogens is 1. The van der Waals surface area contributed by atoms with Crippen LogP contribution in [0.25, 0.3) is 0 Å². The topological polar surface area (TPSA) is 12.9 Å². The first-order valence-electron chi connectivity index (χ1n) is 2.38. The Labute approximate surface area is 48.4 Å². The summed E-state index contributed by atoms with van der Waals surface area (Å²) in [5.41, 5.74) is 0. The maximum Gasteiger partial charge on any atom is 0.0856 e. The van der Waals surface area contributed by atoms with E-state index in [1.165, 1.54) is 6.20 Å². The average Bonchev–Trinajstić information content (AvgIpc) is 1.77. The fourth-order valence-corrected chi connectivity index (χ4v) is 0.428. The van der Waals surface area contributed by atoms with Crippen LogP contribution in [0.5, 0.6) is 0 Å². The predicted octanol–water partition coefficient (Wildman–Crippen LogP) is 1.74. The van der Waals surface area contributed by atoms with Gasteiger partial charge in [-0.3, -0.25) is 4.98 Å². The summed E-state index contributed by atoms with van der Waals surface area (Å²) < 4.78 is 6.98. The molecular weight excluding hydrogens is 110 g/mol. The van der Waals surface area contributed by atoms with Gasteiger partial charge < -0.3 is 0 Å². The smallest absolute Gasteiger partial charge is 0.0856 e. The van der Waals surface area contributed by atoms with Crippen LogP contribution in [0.15, 0.2) is 24.5 Å². The van der Waals surface area contributed by atoms with Crippen molar-refractivity contribution in [2.24, 2.45) is 0 Å². The first-order valence-corrected chi connectivity index (χ1v) is 2.25. The van der Waals surface area contributed by atoms with Gasteiger partial charge in [0.1, 0.15) is 0 Å². The van der Waals surface area contributed by atoms with Gasteiger partial charge in [-0.25, -0.2) is 0 Å². The highest BCUT2D eigenvalue weighted by Gasteiger charge is 1.76. The van der Waals surface area contributed by atoms with Crippen LogP contribution in [0, 0.1) is 0 Å². The molecule has 1 heterocycles. The third kappa shape index (κ3) is 1.16. The summed E-state index contributed by atoms with van der Waals surface area (Å²) >= 11 is 5.46. The van der Waals surface area contributed by atoms with E-state index in [2.05, 4.69) is 4.98 Å². The van der Waals surface area contributed by atoms with Crippen LogP contribution in [0.2, 0.25) is 5.02 Å². The second-order valence-electron chi connectivity index (χ2n) is 1.10. The van der Waals surface area contributed by atoms with Gasteiger partial charge in [-0.05, 0) is 12.1 Å². The lowest BCUT2D eigenvalue weighted by atomic mass is 10.5. The number of hydrogen-bond acceptors (Lipinski definition) is 1. The van der Waals surface area contributed by atoms with Crippen molar-refractivity contribution in [1.82, 2.24) is 4.98 Å². The molecule has 0 aliphatic rings. The normalized spacial score (nSPS) is 10.7. The first-order chi connectivity index (χ1) is 3.80. The Morgan fingerprint density at radius 3 is 3.14 bits per heavy atom. The van der Waals surface area contributed by atoms with Crippen LogP contribution in [-0.2, 0) is 0 Å². The Morgan fingerprint density at radius 1 is 1.86 bits per heavy atom. The zero-order chi connectivity index (χ0) is 5.98. The molecule has 0 atom stereocenters. The number of hydrogen-bond donors (Lipinski definition) is 0. The Kier molecular flexibility index (Phi) is 0.953. The fourth-order valence-electron chi connectivity index (χ4n) is 0.307. The van der Waals surface area contributed by atoms with Gasteiger partial charge in [-0.15, -0.1) is 0 Å². The molecule has 0 aromatic carbocycles. The maximum atomic E-state index is 6.98. The van der Waals surface area contributed by atoms with E-state index in [9.17, 15) is 0 Å². The summed E-state index contributed by atoms with van der Waals surface area (Å²) in [5.74, 6) is 0. The van der Waals surface area contributed by atoms with Crippen LogP contribution >= 0.6 is 11.6 Å². The molecule has 36 valence electrons. The Hall–Kier alpha value is -0.560. The summed E-state index contributed by atoms with van der Waals surface area (Å²) in [6.45, 7) is 0. The minimum Gasteiger partial charge on any atom is -0.263 e. The molecule has 0 fully saturated rings. The number of pyridine rings is 1. The molecule has 0 saturated heterocycles. The molecule has 0 saturated carbocycles. The van der Waals surface area contributed by atoms with Crippen LogP contribution in [0.1, 0.15) is 1.37 Å². The van der Waals surface area contributed by atoms with Crippen molar-refractivity contribution in [3.63, 3.8) is 0 Å². The lowest BCUT2D eigenvalue weighted by molar-refractivity contribution is 1.33. The van der Waals surface area contributed by atoms with E-state index in [4.69, 9.17) is 13.0 Å². The van der Waals surface area contributed by atoms with Crippen molar-refractivity contribution < 1.29 is 1.37 Å². The third-order valence-electron chi connectivity index (χ3n) is 0.575. The zero-order valence-corrected chi connectivity index (χ0v) is 4.31. The molecular formula is C5H4ClN. The summed E-state index contributed by atoms with van der Waals surface area (Å²) in [6, 6.07) is 3.33. The van der Waals surface area contributed by atoms with Crippen LogP contribution in [-0.4, -0.2) is 4.98 Å². The third-order valence-corrected chi connectivity index (χ3v) is 0.785. The fraction of sp³-hybridized carbons (Fsp3) is 0. The molecule has 7 heavy (non-hydrogen) atoms. The molecule has 0 spiro atoms. The summed E-state index contributed by atoms with van der Waals surface area (Å²) in [5, 5.41) is 0.396. The van der Waals surface area contributed by atoms with Crippen molar-refractivity contribution in [2.75, 3.05) is 0 Å². The Balaban J connectivity index is 3.13. The van der Waals surface area contributed by atoms with Crippen molar-refractivity contribution in [1.29, 1.82) is 0 Å². The number of nitrogens with zero attached hydrogens (tertiary/aromatic N) is 1. The van der Waals surface area contributed by atoms with Gasteiger partial charge in [0.25, 0.3) is 0 Å². The monoisotopic (exact) mass is 114 g/mol. The van der Waals surface area contributed by atoms with Gasteiger partial charge >= 0.3 is 0 Å². The average molecular weight is 115 g/mol. The largest absolute Gasteiger partial charge is 0.263 e. The molecule has 0 aliphatic carbocycles. The highest BCUT2D eigenvalue weighted by Crippen LogP contribution is 2.00. The SMILES string of the molecule is [2H]c1ncccc1Cl. The molecule has 1 nitrogen and oxygen atoms in total. The van der Waals surface area contributed by atoms with Gasteiger partial charge in [0.15, 0.2) is 0 Å². The molecule has 1 aromatic rings. The summed E-state index contributed by atoms with van der Waals surface area (Å²) in [6.07, 6.45) is 1.67. The summed E-state index contributed by atoms with van der Waals surface area (Å²) in [4.78, 5) is 3.61. The van der Waals surface area contributed by atoms with E-state index in [1.54, 1.807) is 12.1 Å². The van der Waals surface area contributed by atoms with Crippen molar-refractivity contribution in [3.05, 3.63) is 29.5 Å². The quantitative estimate of drug-likeness (QED) is 0.501. The number of rotatable bonds is 0. The first kappa shape index (κ1) is 3.44. The van der Waals surface area contributed by atoms with Gasteiger partial charge in [-0.1, -0.05) is 11.6 Å². The van der Waals surface area contributed by atoms with E-state index in [0.717, 1.165) is 0 Å². The molecule has 1 rings (SSSR count). The molecule has 0 unspecified atom stereocenters. The minimum atomic E-state index is 0.133. The van der Waals surface area contributed by atoms with Crippen LogP contribution in [0.3, 0.4) is 0 Å². The molecule has 0 N–H and O–H groups in total. The standard InChI is InChI=1S/C5H4ClN/c6-5-2-1-3-7-4-5/h1-4H/i4D. The molecule has 2 heteroatoms. The number of aromatic nitrogens is 1. The second-order valence-corrected chi connectivity index (χ2v) is 1.50. The predicted molar refractivity (Wildman–Crippen MR) is 29.2 cm³/mol. The van der Waals surface area contributed by atoms with E-state index in [0.29, 0.717) is 5.02 Å². The lowest BCUT2D eigenvalue weighted by Crippen LogP contribution is -1.64. The highest BCUT2D eigenvalue weighted by molar-refractivity contribution is 6.30. The van der Waals surface area contributed by atoms with E-state index in [1.807, 2.05) is 0 Å². The molecule has 0 bridgehead atoms. The Bertz CT molecular complexity index is 169. The van der Waals surface area contributed by atoms with Gasteiger partial charge in [-0.2, -0.15) is 0 Å². The molecule has 0 radical (unpaired) electrons. The summed E-state index contributed by atoms with van der Waals surface area (Å²) in [7, 11) is 0. The molecule has 0 aliphatic heterocycles. The molecule has 0 amide bonds. The van der Waals surface area contributed by atoms with Crippen molar-refractivity contribution in [2.45, 2.75) is 0 Å². The highest BCUT2D eigenvalue weighted by atomic mass is 35.5. The maximum absolute atomic E-state index is 6.98.